The maximum Gasteiger partial charge on any atom is 0.408 e. The van der Waals surface area contributed by atoms with Crippen molar-refractivity contribution in [3.05, 3.63) is 97.8 Å². The molecule has 2 aliphatic rings. The summed E-state index contributed by atoms with van der Waals surface area (Å²) in [4.78, 5) is 39.0. The Labute approximate surface area is 340 Å². The third-order valence-corrected chi connectivity index (χ3v) is 13.0. The summed E-state index contributed by atoms with van der Waals surface area (Å²) in [5.74, 6) is 1.19. The quantitative estimate of drug-likeness (QED) is 0.147. The average molecular weight is 840 g/mol. The first-order valence-corrected chi connectivity index (χ1v) is 21.6. The third-order valence-electron chi connectivity index (χ3n) is 11.4. The van der Waals surface area contributed by atoms with Crippen molar-refractivity contribution in [3.63, 3.8) is 0 Å². The number of carbonyl (C=O) groups excluding carboxylic acids is 1. The second-order valence-corrected chi connectivity index (χ2v) is 18.3. The van der Waals surface area contributed by atoms with Crippen molar-refractivity contribution >= 4 is 61.1 Å². The van der Waals surface area contributed by atoms with E-state index in [2.05, 4.69) is 89.5 Å². The molecule has 3 aromatic heterocycles. The summed E-state index contributed by atoms with van der Waals surface area (Å²) >= 11 is 5.24. The molecule has 1 N–H and O–H groups in total. The highest BCUT2D eigenvalue weighted by molar-refractivity contribution is 9.10. The molecular formula is C44H51BrN6O4S. The zero-order chi connectivity index (χ0) is 39.1. The number of benzene rings is 3. The summed E-state index contributed by atoms with van der Waals surface area (Å²) in [7, 11) is 0. The van der Waals surface area contributed by atoms with Gasteiger partial charge in [0.1, 0.15) is 5.60 Å². The monoisotopic (exact) mass is 838 g/mol. The van der Waals surface area contributed by atoms with Gasteiger partial charge in [0.25, 0.3) is 5.56 Å². The maximum absolute atomic E-state index is 13.4. The van der Waals surface area contributed by atoms with Crippen molar-refractivity contribution < 1.29 is 14.3 Å². The van der Waals surface area contributed by atoms with Crippen LogP contribution >= 0.6 is 27.3 Å². The number of imidazole rings is 1. The number of aryl methyl sites for hydroxylation is 1. The van der Waals surface area contributed by atoms with Crippen LogP contribution in [0, 0.1) is 6.92 Å². The van der Waals surface area contributed by atoms with Crippen molar-refractivity contribution in [3.8, 4) is 10.4 Å². The minimum Gasteiger partial charge on any atom is -0.444 e. The molecule has 10 nitrogen and oxygen atoms in total. The SMILES string of the molecule is Cc1ncsc1-c1ccc([C@H](CO[C@@H](C)CN2CCC(c3ccc4c(c3)n(C3CCCC3)c3nc(=O)c5c(Br)cccc5n43)CC2)NC(=O)OC(C)(C)C)cc1. The molecule has 2 atom stereocenters. The van der Waals surface area contributed by atoms with Gasteiger partial charge in [-0.25, -0.2) is 9.78 Å². The lowest BCUT2D eigenvalue weighted by molar-refractivity contribution is 0.0136. The Balaban J connectivity index is 0.948. The standard InChI is InChI=1S/C44H51BrN6O4S/c1-27(54-25-35(47-43(53)55-44(3,4)5)30-13-15-31(16-14-30)40-28(2)46-26-56-40)24-49-21-19-29(20-22-49)32-17-18-36-38(23-32)50(33-9-6-7-10-33)42-48-41(52)39-34(45)11-8-12-37(39)51(36)42/h8,11-18,23,26-27,29,33,35H,6-7,9-10,19-22,24-25H2,1-5H3,(H,47,53)/t27-,35-/m0/s1. The van der Waals surface area contributed by atoms with Crippen LogP contribution in [0.4, 0.5) is 4.79 Å². The van der Waals surface area contributed by atoms with Crippen molar-refractivity contribution in [2.24, 2.45) is 0 Å². The van der Waals surface area contributed by atoms with Crippen LogP contribution in [0.1, 0.15) is 101 Å². The van der Waals surface area contributed by atoms with E-state index in [1.54, 1.807) is 11.3 Å². The fraction of sp³-hybridized carbons (Fsp3) is 0.455. The Hall–Kier alpha value is -4.10. The van der Waals surface area contributed by atoms with Gasteiger partial charge in [-0.15, -0.1) is 11.3 Å². The number of thiazole rings is 1. The number of hydrogen-bond acceptors (Lipinski definition) is 8. The van der Waals surface area contributed by atoms with Crippen LogP contribution < -0.4 is 10.9 Å². The van der Waals surface area contributed by atoms with E-state index in [0.29, 0.717) is 24.0 Å². The number of ether oxygens (including phenoxy) is 2. The van der Waals surface area contributed by atoms with Crippen molar-refractivity contribution in [2.75, 3.05) is 26.2 Å². The number of fused-ring (bicyclic) bond motifs is 5. The Morgan fingerprint density at radius 3 is 2.45 bits per heavy atom. The van der Waals surface area contributed by atoms with E-state index in [0.717, 1.165) is 88.3 Å². The first-order chi connectivity index (χ1) is 26.9. The normalized spacial score (nSPS) is 17.2. The zero-order valence-electron chi connectivity index (χ0n) is 32.9. The van der Waals surface area contributed by atoms with Gasteiger partial charge in [0, 0.05) is 17.1 Å². The summed E-state index contributed by atoms with van der Waals surface area (Å²) in [5, 5.41) is 3.68. The van der Waals surface area contributed by atoms with Gasteiger partial charge in [0.2, 0.25) is 5.78 Å². The van der Waals surface area contributed by atoms with Gasteiger partial charge in [-0.05, 0) is 136 Å². The molecule has 1 aliphatic heterocycles. The lowest BCUT2D eigenvalue weighted by Crippen LogP contribution is -2.40. The summed E-state index contributed by atoms with van der Waals surface area (Å²) in [6, 6.07) is 21.1. The van der Waals surface area contributed by atoms with Crippen LogP contribution in [0.25, 0.3) is 38.2 Å². The van der Waals surface area contributed by atoms with E-state index in [4.69, 9.17) is 14.5 Å². The molecule has 1 amide bonds. The fourth-order valence-corrected chi connectivity index (χ4v) is 10.0. The summed E-state index contributed by atoms with van der Waals surface area (Å²) < 4.78 is 17.4. The zero-order valence-corrected chi connectivity index (χ0v) is 35.3. The minimum absolute atomic E-state index is 0.0302. The summed E-state index contributed by atoms with van der Waals surface area (Å²) in [5.41, 5.74) is 8.65. The number of nitrogens with zero attached hydrogens (tertiary/aromatic N) is 5. The van der Waals surface area contributed by atoms with Crippen LogP contribution in [-0.2, 0) is 9.47 Å². The first kappa shape index (κ1) is 38.8. The van der Waals surface area contributed by atoms with Crippen LogP contribution in [0.2, 0.25) is 0 Å². The van der Waals surface area contributed by atoms with Gasteiger partial charge < -0.3 is 24.3 Å². The molecule has 3 aromatic carbocycles. The lowest BCUT2D eigenvalue weighted by Gasteiger charge is -2.34. The molecule has 1 saturated carbocycles. The number of rotatable bonds is 10. The molecule has 0 bridgehead atoms. The number of piperidine rings is 1. The highest BCUT2D eigenvalue weighted by atomic mass is 79.9. The fourth-order valence-electron chi connectivity index (χ4n) is 8.66. The van der Waals surface area contributed by atoms with E-state index in [1.807, 2.05) is 51.4 Å². The lowest BCUT2D eigenvalue weighted by atomic mass is 9.89. The molecule has 4 heterocycles. The van der Waals surface area contributed by atoms with Gasteiger partial charge in [-0.3, -0.25) is 9.20 Å². The largest absolute Gasteiger partial charge is 0.444 e. The predicted molar refractivity (Wildman–Crippen MR) is 228 cm³/mol. The van der Waals surface area contributed by atoms with Gasteiger partial charge in [-0.2, -0.15) is 4.98 Å². The number of amides is 1. The smallest absolute Gasteiger partial charge is 0.408 e. The van der Waals surface area contributed by atoms with E-state index in [9.17, 15) is 9.59 Å². The van der Waals surface area contributed by atoms with Crippen LogP contribution in [0.15, 0.2) is 75.4 Å². The van der Waals surface area contributed by atoms with Crippen LogP contribution in [0.3, 0.4) is 0 Å². The molecule has 56 heavy (non-hydrogen) atoms. The second kappa shape index (κ2) is 16.0. The highest BCUT2D eigenvalue weighted by Gasteiger charge is 2.28. The molecule has 8 rings (SSSR count). The third kappa shape index (κ3) is 8.03. The Kier molecular flexibility index (Phi) is 11.1. The molecule has 0 unspecified atom stereocenters. The Bertz CT molecular complexity index is 2420. The Morgan fingerprint density at radius 2 is 1.75 bits per heavy atom. The van der Waals surface area contributed by atoms with Crippen LogP contribution in [-0.4, -0.2) is 67.9 Å². The van der Waals surface area contributed by atoms with Gasteiger partial charge >= 0.3 is 6.09 Å². The Morgan fingerprint density at radius 1 is 1.00 bits per heavy atom. The van der Waals surface area contributed by atoms with Gasteiger partial charge in [-0.1, -0.05) is 49.2 Å². The van der Waals surface area contributed by atoms with Crippen molar-refractivity contribution in [2.45, 2.75) is 103 Å². The number of carbonyl (C=O) groups is 1. The number of likely N-dealkylation sites (tertiary alicyclic amines) is 1. The van der Waals surface area contributed by atoms with E-state index in [-0.39, 0.29) is 17.7 Å². The molecule has 2 fully saturated rings. The van der Waals surface area contributed by atoms with E-state index in [1.165, 1.54) is 23.9 Å². The number of nitrogens with one attached hydrogen (secondary N) is 1. The van der Waals surface area contributed by atoms with Crippen LogP contribution in [0.5, 0.6) is 0 Å². The summed E-state index contributed by atoms with van der Waals surface area (Å²) in [6.07, 6.45) is 6.22. The molecule has 1 aliphatic carbocycles. The minimum atomic E-state index is -0.604. The predicted octanol–water partition coefficient (Wildman–Crippen LogP) is 9.96. The average Bonchev–Trinajstić information content (AvgIpc) is 3.92. The van der Waals surface area contributed by atoms with Crippen molar-refractivity contribution in [1.82, 2.24) is 29.2 Å². The summed E-state index contributed by atoms with van der Waals surface area (Å²) in [6.45, 7) is 12.8. The molecule has 6 aromatic rings. The van der Waals surface area contributed by atoms with E-state index >= 15 is 0 Å². The number of aromatic nitrogens is 4. The van der Waals surface area contributed by atoms with Gasteiger partial charge in [0.05, 0.1) is 56.8 Å². The van der Waals surface area contributed by atoms with E-state index < -0.39 is 11.7 Å². The maximum atomic E-state index is 13.4. The molecule has 12 heteroatoms. The number of alkyl carbamates (subject to hydrolysis) is 1. The topological polar surface area (TPSA) is 103 Å². The first-order valence-electron chi connectivity index (χ1n) is 19.9. The molecule has 1 saturated heterocycles. The van der Waals surface area contributed by atoms with Crippen molar-refractivity contribution in [1.29, 1.82) is 0 Å². The second-order valence-electron chi connectivity index (χ2n) is 16.5. The number of halogens is 1. The molecule has 0 spiro atoms. The van der Waals surface area contributed by atoms with Gasteiger partial charge in [0.15, 0.2) is 0 Å². The highest BCUT2D eigenvalue weighted by Crippen LogP contribution is 2.38. The molecule has 0 radical (unpaired) electrons. The number of hydrogen-bond donors (Lipinski definition) is 1. The molecule has 294 valence electrons. The molecular weight excluding hydrogens is 788 g/mol.